The van der Waals surface area contributed by atoms with E-state index < -0.39 is 19.6 Å². The molecule has 1 aliphatic rings. The summed E-state index contributed by atoms with van der Waals surface area (Å²) < 4.78 is 2.92. The van der Waals surface area contributed by atoms with Crippen LogP contribution in [0.15, 0.2) is 24.3 Å². The van der Waals surface area contributed by atoms with Crippen molar-refractivity contribution in [3.63, 3.8) is 0 Å². The van der Waals surface area contributed by atoms with Gasteiger partial charge in [-0.2, -0.15) is 0 Å². The van der Waals surface area contributed by atoms with E-state index in [4.69, 9.17) is 0 Å². The standard InChI is InChI=1S/C9H11Te.HI/c1-10-6-8-4-2-3-5-9(8)7-10;/h2-5H,6-7H2,1H3;1H/q+1;/p-1. The molecular formula is C9H11ITe. The monoisotopic (exact) mass is 376 g/mol. The van der Waals surface area contributed by atoms with Crippen LogP contribution in [-0.4, -0.2) is 19.6 Å². The Morgan fingerprint density at radius 2 is 1.55 bits per heavy atom. The molecule has 1 heterocycles. The third-order valence-corrected chi connectivity index (χ3v) is 6.51. The van der Waals surface area contributed by atoms with Crippen LogP contribution in [0.25, 0.3) is 0 Å². The van der Waals surface area contributed by atoms with E-state index in [0.717, 1.165) is 0 Å². The third kappa shape index (κ3) is 2.11. The largest absolute Gasteiger partial charge is 1.00 e. The summed E-state index contributed by atoms with van der Waals surface area (Å²) in [5.74, 6) is 0. The predicted octanol–water partition coefficient (Wildman–Crippen LogP) is -1.01. The fourth-order valence-corrected chi connectivity index (χ4v) is 6.35. The molecule has 0 amide bonds. The first kappa shape index (κ1) is 9.82. The van der Waals surface area contributed by atoms with Crippen molar-refractivity contribution in [3.05, 3.63) is 35.4 Å². The van der Waals surface area contributed by atoms with Crippen molar-refractivity contribution in [2.75, 3.05) is 0 Å². The fourth-order valence-electron chi connectivity index (χ4n) is 1.42. The minimum atomic E-state index is -0.608. The average molecular weight is 374 g/mol. The zero-order valence-corrected chi connectivity index (χ0v) is 11.0. The second kappa shape index (κ2) is 4.11. The number of fused-ring (bicyclic) bond motifs is 1. The average Bonchev–Trinajstić information content (AvgIpc) is 2.27. The second-order valence-corrected chi connectivity index (χ2v) is 8.95. The van der Waals surface area contributed by atoms with Gasteiger partial charge in [-0.15, -0.1) is 0 Å². The van der Waals surface area contributed by atoms with Crippen LogP contribution in [-0.2, 0) is 8.94 Å². The van der Waals surface area contributed by atoms with Gasteiger partial charge in [-0.1, -0.05) is 0 Å². The van der Waals surface area contributed by atoms with Crippen molar-refractivity contribution < 1.29 is 24.0 Å². The zero-order chi connectivity index (χ0) is 6.97. The van der Waals surface area contributed by atoms with E-state index >= 15 is 0 Å². The molecule has 0 saturated heterocycles. The molecule has 0 bridgehead atoms. The van der Waals surface area contributed by atoms with Crippen LogP contribution in [0.5, 0.6) is 0 Å². The summed E-state index contributed by atoms with van der Waals surface area (Å²) in [6.07, 6.45) is 0. The second-order valence-electron chi connectivity index (χ2n) is 2.84. The molecular weight excluding hydrogens is 363 g/mol. The van der Waals surface area contributed by atoms with E-state index in [2.05, 4.69) is 29.2 Å². The van der Waals surface area contributed by atoms with Gasteiger partial charge >= 0.3 is 68.9 Å². The quantitative estimate of drug-likeness (QED) is 0.404. The molecule has 0 spiro atoms. The van der Waals surface area contributed by atoms with Crippen LogP contribution in [0.4, 0.5) is 0 Å². The van der Waals surface area contributed by atoms with Gasteiger partial charge in [0.15, 0.2) is 0 Å². The van der Waals surface area contributed by atoms with Crippen LogP contribution in [0.3, 0.4) is 0 Å². The normalized spacial score (nSPS) is 15.7. The Labute approximate surface area is 92.0 Å². The van der Waals surface area contributed by atoms with E-state index in [0.29, 0.717) is 0 Å². The SMILES string of the molecule is C[Te+]1Cc2ccccc2C1.[I-]. The Bertz CT molecular complexity index is 222. The van der Waals surface area contributed by atoms with Crippen molar-refractivity contribution in [2.45, 2.75) is 13.9 Å². The Hall–Kier alpha value is 0.740. The van der Waals surface area contributed by atoms with Crippen molar-refractivity contribution in [1.29, 1.82) is 0 Å². The summed E-state index contributed by atoms with van der Waals surface area (Å²) in [4.78, 5) is 2.49. The Morgan fingerprint density at radius 3 is 2.00 bits per heavy atom. The fraction of sp³-hybridized carbons (Fsp3) is 0.333. The third-order valence-electron chi connectivity index (χ3n) is 1.92. The van der Waals surface area contributed by atoms with E-state index in [1.807, 2.05) is 0 Å². The molecule has 2 rings (SSSR count). The van der Waals surface area contributed by atoms with Crippen LogP contribution in [0.1, 0.15) is 11.1 Å². The van der Waals surface area contributed by atoms with E-state index in [1.54, 1.807) is 11.1 Å². The first-order valence-electron chi connectivity index (χ1n) is 3.52. The Morgan fingerprint density at radius 1 is 1.09 bits per heavy atom. The first-order chi connectivity index (χ1) is 4.86. The summed E-state index contributed by atoms with van der Waals surface area (Å²) in [7, 11) is 0. The number of halogens is 1. The predicted molar refractivity (Wildman–Crippen MR) is 45.5 cm³/mol. The van der Waals surface area contributed by atoms with Crippen molar-refractivity contribution >= 4 is 19.6 Å². The molecule has 0 radical (unpaired) electrons. The van der Waals surface area contributed by atoms with Crippen LogP contribution in [0, 0.1) is 0 Å². The van der Waals surface area contributed by atoms with E-state index in [1.165, 1.54) is 8.94 Å². The molecule has 11 heavy (non-hydrogen) atoms. The summed E-state index contributed by atoms with van der Waals surface area (Å²) in [5, 5.41) is 0. The molecule has 1 aromatic rings. The Balaban J connectivity index is 0.000000605. The number of hydrogen-bond acceptors (Lipinski definition) is 0. The van der Waals surface area contributed by atoms with Crippen molar-refractivity contribution in [2.24, 2.45) is 0 Å². The maximum atomic E-state index is 2.49. The van der Waals surface area contributed by atoms with Crippen LogP contribution in [0.2, 0.25) is 4.97 Å². The van der Waals surface area contributed by atoms with Crippen LogP contribution >= 0.6 is 0 Å². The number of benzene rings is 1. The molecule has 0 nitrogen and oxygen atoms in total. The van der Waals surface area contributed by atoms with Gasteiger partial charge in [0.25, 0.3) is 0 Å². The molecule has 1 aliphatic heterocycles. The number of hydrogen-bond donors (Lipinski definition) is 0. The zero-order valence-electron chi connectivity index (χ0n) is 6.51. The van der Waals surface area contributed by atoms with Gasteiger partial charge in [-0.05, 0) is 0 Å². The van der Waals surface area contributed by atoms with Gasteiger partial charge in [0.05, 0.1) is 0 Å². The molecule has 0 aliphatic carbocycles. The molecule has 0 fully saturated rings. The molecule has 0 aromatic heterocycles. The maximum Gasteiger partial charge on any atom is -1.00 e. The first-order valence-corrected chi connectivity index (χ1v) is 9.15. The van der Waals surface area contributed by atoms with Gasteiger partial charge in [0.1, 0.15) is 0 Å². The smallest absolute Gasteiger partial charge is 1.00 e. The summed E-state index contributed by atoms with van der Waals surface area (Å²) in [5.41, 5.74) is 3.28. The van der Waals surface area contributed by atoms with Crippen molar-refractivity contribution in [3.8, 4) is 0 Å². The molecule has 2 heteroatoms. The molecule has 0 N–H and O–H groups in total. The topological polar surface area (TPSA) is 0 Å². The molecule has 0 atom stereocenters. The summed E-state index contributed by atoms with van der Waals surface area (Å²) >= 11 is -0.608. The minimum absolute atomic E-state index is 0. The molecule has 60 valence electrons. The van der Waals surface area contributed by atoms with Gasteiger partial charge < -0.3 is 24.0 Å². The van der Waals surface area contributed by atoms with E-state index in [-0.39, 0.29) is 24.0 Å². The summed E-state index contributed by atoms with van der Waals surface area (Å²) in [6.45, 7) is 0. The Kier molecular flexibility index (Phi) is 3.67. The minimum Gasteiger partial charge on any atom is -1.00 e. The van der Waals surface area contributed by atoms with Gasteiger partial charge in [0.2, 0.25) is 0 Å². The molecule has 0 saturated carbocycles. The molecule has 0 unspecified atom stereocenters. The van der Waals surface area contributed by atoms with Crippen LogP contribution < -0.4 is 24.0 Å². The number of rotatable bonds is 0. The van der Waals surface area contributed by atoms with Gasteiger partial charge in [-0.3, -0.25) is 0 Å². The summed E-state index contributed by atoms with van der Waals surface area (Å²) in [6, 6.07) is 8.91. The maximum absolute atomic E-state index is 2.49. The van der Waals surface area contributed by atoms with E-state index in [9.17, 15) is 0 Å². The molecule has 1 aromatic carbocycles. The van der Waals surface area contributed by atoms with Gasteiger partial charge in [-0.25, -0.2) is 0 Å². The van der Waals surface area contributed by atoms with Crippen molar-refractivity contribution in [1.82, 2.24) is 0 Å². The van der Waals surface area contributed by atoms with Gasteiger partial charge in [0, 0.05) is 0 Å².